The summed E-state index contributed by atoms with van der Waals surface area (Å²) in [6.07, 6.45) is 0.831. The van der Waals surface area contributed by atoms with Crippen molar-refractivity contribution in [1.82, 2.24) is 0 Å². The molecule has 0 aliphatic heterocycles. The summed E-state index contributed by atoms with van der Waals surface area (Å²) in [7, 11) is 0. The van der Waals surface area contributed by atoms with Gasteiger partial charge in [-0.2, -0.15) is 5.26 Å². The van der Waals surface area contributed by atoms with Gasteiger partial charge in [-0.1, -0.05) is 0 Å². The average molecular weight is 131 g/mol. The van der Waals surface area contributed by atoms with Crippen LogP contribution in [-0.4, -0.2) is 19.9 Å². The highest BCUT2D eigenvalue weighted by Crippen LogP contribution is 1.84. The van der Waals surface area contributed by atoms with Crippen molar-refractivity contribution < 1.29 is 9.13 Å². The highest BCUT2D eigenvalue weighted by molar-refractivity contribution is 4.66. The third-order valence-corrected chi connectivity index (χ3v) is 0.781. The molecule has 0 aliphatic rings. The summed E-state index contributed by atoms with van der Waals surface area (Å²) in [4.78, 5) is 0. The SMILES string of the molecule is N#CCCOCCCF. The zero-order chi connectivity index (χ0) is 6.95. The zero-order valence-electron chi connectivity index (χ0n) is 5.27. The van der Waals surface area contributed by atoms with Gasteiger partial charge in [0.25, 0.3) is 0 Å². The summed E-state index contributed by atoms with van der Waals surface area (Å²) in [5.74, 6) is 0. The number of nitriles is 1. The molecule has 0 spiro atoms. The number of ether oxygens (including phenoxy) is 1. The van der Waals surface area contributed by atoms with E-state index in [9.17, 15) is 4.39 Å². The average Bonchev–Trinajstić information content (AvgIpc) is 1.89. The lowest BCUT2D eigenvalue weighted by Gasteiger charge is -1.95. The summed E-state index contributed by atoms with van der Waals surface area (Å²) in [6, 6.07) is 1.93. The Morgan fingerprint density at radius 3 is 2.78 bits per heavy atom. The van der Waals surface area contributed by atoms with E-state index in [1.165, 1.54) is 0 Å². The van der Waals surface area contributed by atoms with E-state index in [0.29, 0.717) is 26.1 Å². The van der Waals surface area contributed by atoms with E-state index >= 15 is 0 Å². The maximum atomic E-state index is 11.4. The Hall–Kier alpha value is -0.620. The lowest BCUT2D eigenvalue weighted by Crippen LogP contribution is -1.96. The second kappa shape index (κ2) is 7.38. The van der Waals surface area contributed by atoms with Crippen molar-refractivity contribution in [3.63, 3.8) is 0 Å². The van der Waals surface area contributed by atoms with E-state index < -0.39 is 0 Å². The first kappa shape index (κ1) is 8.38. The van der Waals surface area contributed by atoms with Gasteiger partial charge in [-0.25, -0.2) is 0 Å². The molecule has 0 aromatic carbocycles. The fraction of sp³-hybridized carbons (Fsp3) is 0.833. The van der Waals surface area contributed by atoms with Gasteiger partial charge >= 0.3 is 0 Å². The maximum absolute atomic E-state index is 11.4. The van der Waals surface area contributed by atoms with Gasteiger partial charge in [-0.3, -0.25) is 4.39 Å². The van der Waals surface area contributed by atoms with Gasteiger partial charge in [0.1, 0.15) is 0 Å². The van der Waals surface area contributed by atoms with Crippen molar-refractivity contribution >= 4 is 0 Å². The number of halogens is 1. The number of nitrogens with zero attached hydrogens (tertiary/aromatic N) is 1. The lowest BCUT2D eigenvalue weighted by atomic mass is 10.5. The first-order chi connectivity index (χ1) is 4.41. The molecule has 0 heterocycles. The van der Waals surface area contributed by atoms with E-state index in [0.717, 1.165) is 0 Å². The summed E-state index contributed by atoms with van der Waals surface area (Å²) in [5.41, 5.74) is 0. The quantitative estimate of drug-likeness (QED) is 0.526. The topological polar surface area (TPSA) is 33.0 Å². The van der Waals surface area contributed by atoms with Crippen molar-refractivity contribution in [2.75, 3.05) is 19.9 Å². The van der Waals surface area contributed by atoms with Crippen LogP contribution in [0.15, 0.2) is 0 Å². The highest BCUT2D eigenvalue weighted by atomic mass is 19.1. The number of rotatable bonds is 5. The van der Waals surface area contributed by atoms with Gasteiger partial charge in [0.2, 0.25) is 0 Å². The van der Waals surface area contributed by atoms with Crippen LogP contribution in [0, 0.1) is 11.3 Å². The van der Waals surface area contributed by atoms with Crippen LogP contribution in [0.1, 0.15) is 12.8 Å². The van der Waals surface area contributed by atoms with Crippen LogP contribution in [0.25, 0.3) is 0 Å². The van der Waals surface area contributed by atoms with Crippen LogP contribution >= 0.6 is 0 Å². The molecule has 0 aromatic rings. The fourth-order valence-corrected chi connectivity index (χ4v) is 0.376. The third kappa shape index (κ3) is 7.38. The molecule has 0 rings (SSSR count). The zero-order valence-corrected chi connectivity index (χ0v) is 5.27. The van der Waals surface area contributed by atoms with Crippen LogP contribution in [0.2, 0.25) is 0 Å². The highest BCUT2D eigenvalue weighted by Gasteiger charge is 1.85. The van der Waals surface area contributed by atoms with Crippen molar-refractivity contribution in [3.8, 4) is 6.07 Å². The third-order valence-electron chi connectivity index (χ3n) is 0.781. The molecule has 0 saturated heterocycles. The molecular weight excluding hydrogens is 121 g/mol. The van der Waals surface area contributed by atoms with Crippen molar-refractivity contribution in [3.05, 3.63) is 0 Å². The molecule has 0 bridgehead atoms. The van der Waals surface area contributed by atoms with Crippen LogP contribution in [0.5, 0.6) is 0 Å². The van der Waals surface area contributed by atoms with Crippen LogP contribution < -0.4 is 0 Å². The predicted octanol–water partition coefficient (Wildman–Crippen LogP) is 1.28. The molecule has 0 N–H and O–H groups in total. The molecule has 0 amide bonds. The number of hydrogen-bond acceptors (Lipinski definition) is 2. The predicted molar refractivity (Wildman–Crippen MR) is 31.6 cm³/mol. The van der Waals surface area contributed by atoms with Gasteiger partial charge in [-0.05, 0) is 6.42 Å². The second-order valence-electron chi connectivity index (χ2n) is 1.56. The summed E-state index contributed by atoms with van der Waals surface area (Å²) in [5, 5.41) is 8.02. The van der Waals surface area contributed by atoms with Crippen LogP contribution in [0.4, 0.5) is 4.39 Å². The Labute approximate surface area is 54.2 Å². The molecule has 2 nitrogen and oxygen atoms in total. The smallest absolute Gasteiger partial charge is 0.0916 e. The molecule has 0 aliphatic carbocycles. The number of hydrogen-bond donors (Lipinski definition) is 0. The largest absolute Gasteiger partial charge is 0.380 e. The molecular formula is C6H10FNO. The Morgan fingerprint density at radius 2 is 2.22 bits per heavy atom. The molecule has 0 radical (unpaired) electrons. The molecule has 0 atom stereocenters. The maximum Gasteiger partial charge on any atom is 0.0916 e. The normalized spacial score (nSPS) is 8.89. The van der Waals surface area contributed by atoms with Crippen molar-refractivity contribution in [1.29, 1.82) is 5.26 Å². The monoisotopic (exact) mass is 131 g/mol. The summed E-state index contributed by atoms with van der Waals surface area (Å²) >= 11 is 0. The van der Waals surface area contributed by atoms with Gasteiger partial charge in [0.15, 0.2) is 0 Å². The molecule has 0 saturated carbocycles. The standard InChI is InChI=1S/C6H10FNO/c7-3-1-5-9-6-2-4-8/h1-3,5-6H2. The minimum atomic E-state index is -0.341. The summed E-state index contributed by atoms with van der Waals surface area (Å²) in [6.45, 7) is 0.515. The van der Waals surface area contributed by atoms with Gasteiger partial charge in [0, 0.05) is 6.61 Å². The molecule has 0 unspecified atom stereocenters. The fourth-order valence-electron chi connectivity index (χ4n) is 0.376. The Balaban J connectivity index is 2.69. The minimum absolute atomic E-state index is 0.341. The second-order valence-corrected chi connectivity index (χ2v) is 1.56. The van der Waals surface area contributed by atoms with E-state index in [4.69, 9.17) is 10.00 Å². The van der Waals surface area contributed by atoms with Gasteiger partial charge < -0.3 is 4.74 Å². The van der Waals surface area contributed by atoms with E-state index in [1.54, 1.807) is 0 Å². The lowest BCUT2D eigenvalue weighted by molar-refractivity contribution is 0.131. The van der Waals surface area contributed by atoms with Crippen LogP contribution in [0.3, 0.4) is 0 Å². The molecule has 0 fully saturated rings. The van der Waals surface area contributed by atoms with Gasteiger partial charge in [-0.15, -0.1) is 0 Å². The van der Waals surface area contributed by atoms with E-state index in [-0.39, 0.29) is 6.67 Å². The van der Waals surface area contributed by atoms with Crippen molar-refractivity contribution in [2.45, 2.75) is 12.8 Å². The Bertz CT molecular complexity index is 89.5. The Kier molecular flexibility index (Phi) is 6.87. The minimum Gasteiger partial charge on any atom is -0.380 e. The first-order valence-corrected chi connectivity index (χ1v) is 2.92. The van der Waals surface area contributed by atoms with Crippen LogP contribution in [-0.2, 0) is 4.74 Å². The van der Waals surface area contributed by atoms with Gasteiger partial charge in [0.05, 0.1) is 25.8 Å². The van der Waals surface area contributed by atoms with E-state index in [1.807, 2.05) is 6.07 Å². The molecule has 9 heavy (non-hydrogen) atoms. The first-order valence-electron chi connectivity index (χ1n) is 2.92. The molecule has 3 heteroatoms. The van der Waals surface area contributed by atoms with Crippen molar-refractivity contribution in [2.24, 2.45) is 0 Å². The summed E-state index contributed by atoms with van der Waals surface area (Å²) < 4.78 is 16.2. The molecule has 52 valence electrons. The Morgan fingerprint density at radius 1 is 1.44 bits per heavy atom. The number of alkyl halides is 1. The van der Waals surface area contributed by atoms with E-state index in [2.05, 4.69) is 0 Å². The molecule has 0 aromatic heterocycles.